The summed E-state index contributed by atoms with van der Waals surface area (Å²) in [6.07, 6.45) is 0.757. The summed E-state index contributed by atoms with van der Waals surface area (Å²) in [6.45, 7) is 8.56. The molecule has 2 aromatic rings. The summed E-state index contributed by atoms with van der Waals surface area (Å²) in [5.41, 5.74) is 9.77. The Morgan fingerprint density at radius 1 is 1.33 bits per heavy atom. The number of rotatable bonds is 4. The maximum atomic E-state index is 6.33. The highest BCUT2D eigenvalue weighted by molar-refractivity contribution is 7.09. The van der Waals surface area contributed by atoms with Gasteiger partial charge in [-0.25, -0.2) is 4.98 Å². The van der Waals surface area contributed by atoms with Gasteiger partial charge in [0.25, 0.3) is 0 Å². The molecule has 1 atom stereocenters. The van der Waals surface area contributed by atoms with Gasteiger partial charge in [-0.3, -0.25) is 0 Å². The average molecular weight is 304 g/mol. The van der Waals surface area contributed by atoms with Crippen LogP contribution in [0.2, 0.25) is 0 Å². The molecular formula is C17H24N2OS. The number of aryl methyl sites for hydroxylation is 1. The summed E-state index contributed by atoms with van der Waals surface area (Å²) in [5.74, 6) is 0.887. The lowest BCUT2D eigenvalue weighted by Gasteiger charge is -2.15. The number of benzene rings is 1. The van der Waals surface area contributed by atoms with Crippen LogP contribution < -0.4 is 10.5 Å². The summed E-state index contributed by atoms with van der Waals surface area (Å²) in [4.78, 5) is 4.71. The van der Waals surface area contributed by atoms with Crippen LogP contribution in [0.3, 0.4) is 0 Å². The van der Waals surface area contributed by atoms with Crippen molar-refractivity contribution in [3.8, 4) is 5.75 Å². The molecule has 0 saturated heterocycles. The third-order valence-electron chi connectivity index (χ3n) is 3.57. The third kappa shape index (κ3) is 3.83. The highest BCUT2D eigenvalue weighted by Gasteiger charge is 2.18. The number of ether oxygens (including phenoxy) is 1. The number of aromatic nitrogens is 1. The van der Waals surface area contributed by atoms with E-state index in [9.17, 15) is 0 Å². The Kier molecular flexibility index (Phi) is 4.69. The van der Waals surface area contributed by atoms with Crippen LogP contribution in [0.15, 0.2) is 23.6 Å². The van der Waals surface area contributed by atoms with Crippen molar-refractivity contribution < 1.29 is 4.74 Å². The molecule has 0 aliphatic carbocycles. The predicted octanol–water partition coefficient (Wildman–Crippen LogP) is 4.00. The minimum atomic E-state index is -0.0570. The molecule has 0 bridgehead atoms. The summed E-state index contributed by atoms with van der Waals surface area (Å²) < 4.78 is 5.37. The van der Waals surface area contributed by atoms with Crippen molar-refractivity contribution in [3.63, 3.8) is 0 Å². The number of nitrogens with two attached hydrogens (primary N) is 1. The molecule has 114 valence electrons. The number of hydrogen-bond acceptors (Lipinski definition) is 4. The van der Waals surface area contributed by atoms with E-state index in [-0.39, 0.29) is 11.5 Å². The topological polar surface area (TPSA) is 48.1 Å². The van der Waals surface area contributed by atoms with Crippen molar-refractivity contribution in [2.45, 2.75) is 45.6 Å². The van der Waals surface area contributed by atoms with Crippen LogP contribution in [-0.2, 0) is 11.8 Å². The van der Waals surface area contributed by atoms with Gasteiger partial charge in [-0.15, -0.1) is 11.3 Å². The molecule has 1 unspecified atom stereocenters. The molecule has 0 aliphatic heterocycles. The zero-order chi connectivity index (χ0) is 15.6. The molecule has 3 nitrogen and oxygen atoms in total. The van der Waals surface area contributed by atoms with Gasteiger partial charge in [-0.1, -0.05) is 32.9 Å². The van der Waals surface area contributed by atoms with Crippen LogP contribution in [0.1, 0.15) is 48.6 Å². The van der Waals surface area contributed by atoms with Crippen molar-refractivity contribution in [3.05, 3.63) is 45.4 Å². The third-order valence-corrected chi connectivity index (χ3v) is 4.45. The fourth-order valence-electron chi connectivity index (χ4n) is 2.12. The second-order valence-electron chi connectivity index (χ2n) is 6.42. The lowest BCUT2D eigenvalue weighted by Crippen LogP contribution is -2.15. The molecular weight excluding hydrogens is 280 g/mol. The molecule has 0 amide bonds. The van der Waals surface area contributed by atoms with Gasteiger partial charge in [-0.05, 0) is 24.1 Å². The summed E-state index contributed by atoms with van der Waals surface area (Å²) in [7, 11) is 1.69. The van der Waals surface area contributed by atoms with Gasteiger partial charge in [0, 0.05) is 23.3 Å². The van der Waals surface area contributed by atoms with E-state index in [0.717, 1.165) is 34.0 Å². The fourth-order valence-corrected chi connectivity index (χ4v) is 3.20. The first-order valence-corrected chi connectivity index (χ1v) is 8.04. The van der Waals surface area contributed by atoms with Gasteiger partial charge in [0.15, 0.2) is 0 Å². The lowest BCUT2D eigenvalue weighted by molar-refractivity contribution is 0.410. The maximum absolute atomic E-state index is 6.33. The molecule has 4 heteroatoms. The number of thiazole rings is 1. The molecule has 0 saturated carbocycles. The summed E-state index contributed by atoms with van der Waals surface area (Å²) in [6, 6.07) is 6.09. The largest absolute Gasteiger partial charge is 0.496 e. The van der Waals surface area contributed by atoms with E-state index in [1.165, 1.54) is 0 Å². The minimum Gasteiger partial charge on any atom is -0.496 e. The Hall–Kier alpha value is -1.39. The van der Waals surface area contributed by atoms with Crippen LogP contribution in [0.4, 0.5) is 0 Å². The summed E-state index contributed by atoms with van der Waals surface area (Å²) >= 11 is 1.69. The second kappa shape index (κ2) is 6.16. The van der Waals surface area contributed by atoms with Crippen molar-refractivity contribution in [1.29, 1.82) is 0 Å². The Morgan fingerprint density at radius 3 is 2.62 bits per heavy atom. The normalized spacial score (nSPS) is 13.2. The van der Waals surface area contributed by atoms with Crippen molar-refractivity contribution in [2.24, 2.45) is 5.73 Å². The molecule has 0 aliphatic rings. The fraction of sp³-hybridized carbons (Fsp3) is 0.471. The minimum absolute atomic E-state index is 0.0570. The Balaban J connectivity index is 2.14. The number of nitrogens with zero attached hydrogens (tertiary/aromatic N) is 1. The Morgan fingerprint density at radius 2 is 2.05 bits per heavy atom. The van der Waals surface area contributed by atoms with Crippen molar-refractivity contribution in [2.75, 3.05) is 7.11 Å². The molecule has 0 fully saturated rings. The van der Waals surface area contributed by atoms with Gasteiger partial charge in [0.1, 0.15) is 5.75 Å². The molecule has 21 heavy (non-hydrogen) atoms. The highest BCUT2D eigenvalue weighted by atomic mass is 32.1. The van der Waals surface area contributed by atoms with Crippen LogP contribution in [0.25, 0.3) is 0 Å². The zero-order valence-electron chi connectivity index (χ0n) is 13.4. The predicted molar refractivity (Wildman–Crippen MR) is 89.2 cm³/mol. The molecule has 1 aromatic carbocycles. The van der Waals surface area contributed by atoms with Gasteiger partial charge in [0.05, 0.1) is 17.8 Å². The van der Waals surface area contributed by atoms with Crippen LogP contribution in [-0.4, -0.2) is 12.1 Å². The molecule has 0 spiro atoms. The molecule has 2 N–H and O–H groups in total. The molecule has 2 rings (SSSR count). The molecule has 1 aromatic heterocycles. The highest BCUT2D eigenvalue weighted by Crippen LogP contribution is 2.28. The molecule has 1 heterocycles. The van der Waals surface area contributed by atoms with E-state index >= 15 is 0 Å². The Bertz CT molecular complexity index is 613. The SMILES string of the molecule is COc1cc(C(N)Cc2nc(C(C)(C)C)cs2)ccc1C. The van der Waals surface area contributed by atoms with Crippen LogP contribution in [0, 0.1) is 6.92 Å². The van der Waals surface area contributed by atoms with E-state index in [1.54, 1.807) is 18.4 Å². The first kappa shape index (κ1) is 16.0. The van der Waals surface area contributed by atoms with E-state index in [1.807, 2.05) is 13.0 Å². The number of methoxy groups -OCH3 is 1. The van der Waals surface area contributed by atoms with Gasteiger partial charge in [-0.2, -0.15) is 0 Å². The monoisotopic (exact) mass is 304 g/mol. The van der Waals surface area contributed by atoms with E-state index in [0.29, 0.717) is 0 Å². The van der Waals surface area contributed by atoms with Crippen molar-refractivity contribution >= 4 is 11.3 Å². The zero-order valence-corrected chi connectivity index (χ0v) is 14.3. The Labute approximate surface area is 131 Å². The van der Waals surface area contributed by atoms with Crippen molar-refractivity contribution in [1.82, 2.24) is 4.98 Å². The van der Waals surface area contributed by atoms with Crippen LogP contribution in [0.5, 0.6) is 5.75 Å². The quantitative estimate of drug-likeness (QED) is 0.928. The van der Waals surface area contributed by atoms with E-state index in [4.69, 9.17) is 15.5 Å². The number of hydrogen-bond donors (Lipinski definition) is 1. The second-order valence-corrected chi connectivity index (χ2v) is 7.36. The van der Waals surface area contributed by atoms with E-state index in [2.05, 4.69) is 38.3 Å². The maximum Gasteiger partial charge on any atom is 0.122 e. The average Bonchev–Trinajstić information content (AvgIpc) is 2.87. The van der Waals surface area contributed by atoms with E-state index < -0.39 is 0 Å². The summed E-state index contributed by atoms with van der Waals surface area (Å²) in [5, 5.41) is 3.23. The van der Waals surface area contributed by atoms with Gasteiger partial charge < -0.3 is 10.5 Å². The van der Waals surface area contributed by atoms with Gasteiger partial charge in [0.2, 0.25) is 0 Å². The standard InChI is InChI=1S/C17H24N2OS/c1-11-6-7-12(8-14(11)20-5)13(18)9-16-19-15(10-21-16)17(2,3)4/h6-8,10,13H,9,18H2,1-5H3. The first-order chi connectivity index (χ1) is 9.81. The van der Waals surface area contributed by atoms with Crippen LogP contribution >= 0.6 is 11.3 Å². The first-order valence-electron chi connectivity index (χ1n) is 7.16. The molecule has 0 radical (unpaired) electrons. The smallest absolute Gasteiger partial charge is 0.122 e. The lowest BCUT2D eigenvalue weighted by atomic mass is 9.93. The van der Waals surface area contributed by atoms with Gasteiger partial charge >= 0.3 is 0 Å².